The molecule has 1 aliphatic heterocycles. The van der Waals surface area contributed by atoms with Crippen LogP contribution in [0.5, 0.6) is 5.75 Å². The van der Waals surface area contributed by atoms with Crippen molar-refractivity contribution in [1.29, 1.82) is 0 Å². The third-order valence-electron chi connectivity index (χ3n) is 6.62. The normalized spacial score (nSPS) is 13.4. The molecule has 0 radical (unpaired) electrons. The van der Waals surface area contributed by atoms with Crippen molar-refractivity contribution in [2.75, 3.05) is 10.6 Å². The van der Waals surface area contributed by atoms with E-state index < -0.39 is 69.7 Å². The van der Waals surface area contributed by atoms with E-state index in [9.17, 15) is 49.1 Å². The number of carbonyl (C=O) groups excluding carboxylic acids is 2. The lowest BCUT2D eigenvalue weighted by Crippen LogP contribution is -2.21. The Kier molecular flexibility index (Phi) is 6.26. The molecule has 2 aromatic heterocycles. The Hall–Kier alpha value is -5.35. The standard InChI is InChI=1S/C27H12F9N5O3/c28-25(29,30)21-15-8-11(4-5-12(15)19(10-37-21)44-27(34,35)36)39-24(43)16-9-38-41(22(16)26(31,32)33)18-7-6-17-20-13(18)2-1-3-14(20)23(42)40-17/h1-10H,(H,39,43)(H,40,42). The van der Waals surface area contributed by atoms with Crippen molar-refractivity contribution in [3.63, 3.8) is 0 Å². The van der Waals surface area contributed by atoms with Gasteiger partial charge in [-0.15, -0.1) is 13.2 Å². The van der Waals surface area contributed by atoms with Crippen LogP contribution in [0.15, 0.2) is 60.9 Å². The Morgan fingerprint density at radius 2 is 1.61 bits per heavy atom. The number of hydrogen-bond acceptors (Lipinski definition) is 5. The summed E-state index contributed by atoms with van der Waals surface area (Å²) in [6.45, 7) is 0. The molecule has 0 aliphatic carbocycles. The quantitative estimate of drug-likeness (QED) is 0.204. The first-order valence-corrected chi connectivity index (χ1v) is 12.1. The minimum absolute atomic E-state index is 0.128. The minimum atomic E-state index is -5.27. The second-order valence-electron chi connectivity index (χ2n) is 9.36. The molecule has 17 heteroatoms. The molecule has 0 spiro atoms. The zero-order valence-electron chi connectivity index (χ0n) is 21.2. The zero-order valence-corrected chi connectivity index (χ0v) is 21.2. The van der Waals surface area contributed by atoms with E-state index in [2.05, 4.69) is 20.1 Å². The average molecular weight is 625 g/mol. The SMILES string of the molecule is O=C(Nc1ccc2c(OC(F)(F)F)cnc(C(F)(F)F)c2c1)c1cnn(-c2ccc3c4c(cccc24)C(=O)N3)c1C(F)(F)F. The maximum absolute atomic E-state index is 14.4. The number of benzene rings is 3. The summed E-state index contributed by atoms with van der Waals surface area (Å²) in [6.07, 6.45) is -14.8. The molecule has 2 amide bonds. The van der Waals surface area contributed by atoms with Crippen LogP contribution < -0.4 is 15.4 Å². The Bertz CT molecular complexity index is 2010. The van der Waals surface area contributed by atoms with Gasteiger partial charge in [-0.3, -0.25) is 9.59 Å². The molecule has 0 bridgehead atoms. The first kappa shape index (κ1) is 28.8. The third-order valence-corrected chi connectivity index (χ3v) is 6.62. The Morgan fingerprint density at radius 1 is 0.864 bits per heavy atom. The Morgan fingerprint density at radius 3 is 2.30 bits per heavy atom. The maximum atomic E-state index is 14.4. The van der Waals surface area contributed by atoms with Crippen LogP contribution in [0.25, 0.3) is 27.2 Å². The van der Waals surface area contributed by atoms with E-state index in [1.165, 1.54) is 30.3 Å². The van der Waals surface area contributed by atoms with Crippen LogP contribution in [0.1, 0.15) is 32.1 Å². The number of pyridine rings is 1. The van der Waals surface area contributed by atoms with Gasteiger partial charge in [0.2, 0.25) is 0 Å². The zero-order chi connectivity index (χ0) is 31.8. The number of fused-ring (bicyclic) bond motifs is 1. The van der Waals surface area contributed by atoms with Crippen LogP contribution in [-0.4, -0.2) is 32.9 Å². The lowest BCUT2D eigenvalue weighted by atomic mass is 10.0. The summed E-state index contributed by atoms with van der Waals surface area (Å²) in [5.74, 6) is -2.97. The second-order valence-corrected chi connectivity index (χ2v) is 9.36. The maximum Gasteiger partial charge on any atom is 0.573 e. The van der Waals surface area contributed by atoms with E-state index in [4.69, 9.17) is 0 Å². The van der Waals surface area contributed by atoms with Gasteiger partial charge in [-0.1, -0.05) is 12.1 Å². The average Bonchev–Trinajstić information content (AvgIpc) is 3.50. The van der Waals surface area contributed by atoms with Gasteiger partial charge in [0.1, 0.15) is 0 Å². The summed E-state index contributed by atoms with van der Waals surface area (Å²) >= 11 is 0. The summed E-state index contributed by atoms with van der Waals surface area (Å²) in [4.78, 5) is 28.3. The highest BCUT2D eigenvalue weighted by molar-refractivity contribution is 6.25. The van der Waals surface area contributed by atoms with Crippen molar-refractivity contribution in [2.45, 2.75) is 18.7 Å². The van der Waals surface area contributed by atoms with Gasteiger partial charge in [-0.2, -0.15) is 31.4 Å². The first-order valence-electron chi connectivity index (χ1n) is 12.1. The summed E-state index contributed by atoms with van der Waals surface area (Å²) < 4.78 is 127. The van der Waals surface area contributed by atoms with Crippen molar-refractivity contribution < 1.29 is 53.8 Å². The van der Waals surface area contributed by atoms with E-state index in [0.29, 0.717) is 28.0 Å². The highest BCUT2D eigenvalue weighted by Crippen LogP contribution is 2.41. The Balaban J connectivity index is 1.43. The number of nitrogens with one attached hydrogen (secondary N) is 2. The van der Waals surface area contributed by atoms with Gasteiger partial charge in [0, 0.05) is 38.5 Å². The lowest BCUT2D eigenvalue weighted by molar-refractivity contribution is -0.274. The molecule has 0 unspecified atom stereocenters. The molecule has 2 N–H and O–H groups in total. The number of ether oxygens (including phenoxy) is 1. The van der Waals surface area contributed by atoms with Crippen LogP contribution >= 0.6 is 0 Å². The van der Waals surface area contributed by atoms with Crippen LogP contribution in [0.2, 0.25) is 0 Å². The number of hydrogen-bond donors (Lipinski definition) is 2. The molecule has 3 aromatic carbocycles. The fourth-order valence-electron chi connectivity index (χ4n) is 4.95. The van der Waals surface area contributed by atoms with Gasteiger partial charge >= 0.3 is 18.7 Å². The molecule has 226 valence electrons. The van der Waals surface area contributed by atoms with Crippen LogP contribution in [0, 0.1) is 0 Å². The van der Waals surface area contributed by atoms with Crippen molar-refractivity contribution in [2.24, 2.45) is 0 Å². The minimum Gasteiger partial charge on any atom is -0.403 e. The predicted molar refractivity (Wildman–Crippen MR) is 135 cm³/mol. The number of aromatic nitrogens is 3. The smallest absolute Gasteiger partial charge is 0.403 e. The van der Waals surface area contributed by atoms with E-state index in [1.54, 1.807) is 0 Å². The van der Waals surface area contributed by atoms with Gasteiger partial charge in [-0.05, 0) is 36.4 Å². The van der Waals surface area contributed by atoms with Crippen LogP contribution in [0.3, 0.4) is 0 Å². The highest BCUT2D eigenvalue weighted by atomic mass is 19.4. The Labute approximate surface area is 238 Å². The predicted octanol–water partition coefficient (Wildman–Crippen LogP) is 7.33. The number of amides is 2. The number of anilines is 2. The molecular weight excluding hydrogens is 613 g/mol. The third kappa shape index (κ3) is 4.88. The van der Waals surface area contributed by atoms with Crippen molar-refractivity contribution >= 4 is 44.7 Å². The van der Waals surface area contributed by atoms with Crippen molar-refractivity contribution in [3.8, 4) is 11.4 Å². The largest absolute Gasteiger partial charge is 0.573 e. The topological polar surface area (TPSA) is 98.1 Å². The summed E-state index contributed by atoms with van der Waals surface area (Å²) in [5, 5.41) is 7.34. The molecule has 1 aliphatic rings. The van der Waals surface area contributed by atoms with E-state index in [-0.39, 0.29) is 22.8 Å². The number of rotatable bonds is 4. The first-order chi connectivity index (χ1) is 20.5. The van der Waals surface area contributed by atoms with Crippen LogP contribution in [0.4, 0.5) is 50.9 Å². The fourth-order valence-corrected chi connectivity index (χ4v) is 4.95. The van der Waals surface area contributed by atoms with Gasteiger partial charge in [-0.25, -0.2) is 9.67 Å². The van der Waals surface area contributed by atoms with E-state index in [0.717, 1.165) is 12.1 Å². The molecule has 5 aromatic rings. The molecule has 3 heterocycles. The fraction of sp³-hybridized carbons (Fsp3) is 0.111. The van der Waals surface area contributed by atoms with E-state index >= 15 is 0 Å². The second kappa shape index (κ2) is 9.58. The monoisotopic (exact) mass is 625 g/mol. The summed E-state index contributed by atoms with van der Waals surface area (Å²) in [6, 6.07) is 9.27. The summed E-state index contributed by atoms with van der Waals surface area (Å²) in [5.41, 5.74) is -4.22. The molecule has 8 nitrogen and oxygen atoms in total. The molecular formula is C27H12F9N5O3. The number of halogens is 9. The molecule has 6 rings (SSSR count). The van der Waals surface area contributed by atoms with Crippen molar-refractivity contribution in [3.05, 3.63) is 83.4 Å². The van der Waals surface area contributed by atoms with Crippen molar-refractivity contribution in [1.82, 2.24) is 14.8 Å². The molecule has 0 fully saturated rings. The molecule has 0 atom stereocenters. The molecule has 44 heavy (non-hydrogen) atoms. The van der Waals surface area contributed by atoms with Gasteiger partial charge in [0.05, 0.1) is 23.6 Å². The summed E-state index contributed by atoms with van der Waals surface area (Å²) in [7, 11) is 0. The van der Waals surface area contributed by atoms with E-state index in [1.807, 2.05) is 5.32 Å². The van der Waals surface area contributed by atoms with Gasteiger partial charge in [0.25, 0.3) is 11.8 Å². The van der Waals surface area contributed by atoms with Crippen LogP contribution in [-0.2, 0) is 12.4 Å². The lowest BCUT2D eigenvalue weighted by Gasteiger charge is -2.16. The van der Waals surface area contributed by atoms with Gasteiger partial charge in [0.15, 0.2) is 17.1 Å². The number of alkyl halides is 9. The number of carbonyl (C=O) groups is 2. The molecule has 0 saturated carbocycles. The van der Waals surface area contributed by atoms with Gasteiger partial charge < -0.3 is 15.4 Å². The number of nitrogens with zero attached hydrogens (tertiary/aromatic N) is 3. The molecule has 0 saturated heterocycles. The highest BCUT2D eigenvalue weighted by Gasteiger charge is 2.42.